The summed E-state index contributed by atoms with van der Waals surface area (Å²) in [6.07, 6.45) is 3.35. The van der Waals surface area contributed by atoms with Crippen LogP contribution in [0.2, 0.25) is 0 Å². The highest BCUT2D eigenvalue weighted by atomic mass is 16.5. The first-order valence-corrected chi connectivity index (χ1v) is 14.2. The van der Waals surface area contributed by atoms with Crippen LogP contribution in [0.1, 0.15) is 91.6 Å². The number of phenols is 1. The van der Waals surface area contributed by atoms with Gasteiger partial charge in [-0.1, -0.05) is 89.6 Å². The summed E-state index contributed by atoms with van der Waals surface area (Å²) in [6, 6.07) is 21.4. The molecule has 0 radical (unpaired) electrons. The number of hydrogen-bond donors (Lipinski definition) is 2. The largest absolute Gasteiger partial charge is 0.507 e. The van der Waals surface area contributed by atoms with Crippen molar-refractivity contribution in [1.29, 1.82) is 0 Å². The van der Waals surface area contributed by atoms with E-state index in [0.29, 0.717) is 34.9 Å². The Kier molecular flexibility index (Phi) is 11.2. The van der Waals surface area contributed by atoms with Gasteiger partial charge in [0.15, 0.2) is 0 Å². The van der Waals surface area contributed by atoms with Gasteiger partial charge in [-0.15, -0.1) is 0 Å². The van der Waals surface area contributed by atoms with Crippen molar-refractivity contribution in [2.75, 3.05) is 5.73 Å². The Morgan fingerprint density at radius 1 is 0.875 bits per heavy atom. The van der Waals surface area contributed by atoms with Crippen LogP contribution in [0.15, 0.2) is 72.8 Å². The van der Waals surface area contributed by atoms with Gasteiger partial charge in [0, 0.05) is 5.69 Å². The van der Waals surface area contributed by atoms with Gasteiger partial charge in [-0.25, -0.2) is 9.59 Å². The zero-order valence-corrected chi connectivity index (χ0v) is 24.3. The molecule has 6 nitrogen and oxygen atoms in total. The minimum absolute atomic E-state index is 0.0193. The second-order valence-corrected chi connectivity index (χ2v) is 11.3. The molecule has 3 unspecified atom stereocenters. The maximum Gasteiger partial charge on any atom is 0.342 e. The second-order valence-electron chi connectivity index (χ2n) is 11.3. The van der Waals surface area contributed by atoms with Crippen LogP contribution in [0.4, 0.5) is 5.69 Å². The smallest absolute Gasteiger partial charge is 0.342 e. The van der Waals surface area contributed by atoms with Gasteiger partial charge in [0.1, 0.15) is 24.0 Å². The summed E-state index contributed by atoms with van der Waals surface area (Å²) >= 11 is 0. The average Bonchev–Trinajstić information content (AvgIpc) is 2.92. The number of aromatic hydroxyl groups is 1. The third kappa shape index (κ3) is 8.60. The van der Waals surface area contributed by atoms with Crippen LogP contribution in [0.5, 0.6) is 5.75 Å². The lowest BCUT2D eigenvalue weighted by atomic mass is 9.75. The molecule has 3 N–H and O–H groups in total. The highest BCUT2D eigenvalue weighted by Crippen LogP contribution is 2.36. The molecule has 214 valence electrons. The number of nitrogen functional groups attached to an aromatic ring is 1. The van der Waals surface area contributed by atoms with Crippen LogP contribution in [-0.2, 0) is 16.1 Å². The Bertz CT molecular complexity index is 1250. The maximum absolute atomic E-state index is 12.3. The molecular weight excluding hydrogens is 502 g/mol. The summed E-state index contributed by atoms with van der Waals surface area (Å²) in [5.74, 6) is 1.23. The van der Waals surface area contributed by atoms with E-state index in [0.717, 1.165) is 18.4 Å². The van der Waals surface area contributed by atoms with Gasteiger partial charge in [-0.05, 0) is 71.9 Å². The van der Waals surface area contributed by atoms with Crippen molar-refractivity contribution in [2.45, 2.75) is 72.5 Å². The van der Waals surface area contributed by atoms with Gasteiger partial charge in [-0.2, -0.15) is 0 Å². The summed E-state index contributed by atoms with van der Waals surface area (Å²) < 4.78 is 11.0. The molecule has 0 aliphatic heterocycles. The van der Waals surface area contributed by atoms with Crippen molar-refractivity contribution >= 4 is 17.6 Å². The number of phenolic OH excluding ortho intramolecular Hbond substituents is 1. The highest BCUT2D eigenvalue weighted by Gasteiger charge is 2.33. The zero-order chi connectivity index (χ0) is 29.2. The number of carbonyl (C=O) groups excluding carboxylic acids is 2. The number of ether oxygens (including phenoxy) is 2. The molecule has 0 heterocycles. The molecule has 0 saturated heterocycles. The van der Waals surface area contributed by atoms with E-state index in [2.05, 4.69) is 34.6 Å². The van der Waals surface area contributed by atoms with E-state index < -0.39 is 5.97 Å². The molecule has 6 heteroatoms. The van der Waals surface area contributed by atoms with E-state index in [1.165, 1.54) is 18.1 Å². The van der Waals surface area contributed by atoms with Crippen molar-refractivity contribution in [1.82, 2.24) is 0 Å². The van der Waals surface area contributed by atoms with Crippen molar-refractivity contribution in [3.63, 3.8) is 0 Å². The molecule has 3 aromatic carbocycles. The lowest BCUT2D eigenvalue weighted by Gasteiger charge is -2.36. The first kappa shape index (κ1) is 30.7. The van der Waals surface area contributed by atoms with Gasteiger partial charge in [-0.3, -0.25) is 0 Å². The maximum atomic E-state index is 12.3. The summed E-state index contributed by atoms with van der Waals surface area (Å²) in [4.78, 5) is 24.1. The number of para-hydroxylation sites is 2. The number of benzene rings is 3. The van der Waals surface area contributed by atoms with Gasteiger partial charge < -0.3 is 20.3 Å². The molecule has 0 aromatic heterocycles. The molecule has 1 fully saturated rings. The quantitative estimate of drug-likeness (QED) is 0.233. The molecule has 1 aliphatic rings. The SMILES string of the molecule is CC(C)c1ccc(COC(=O)c2ccccc2O)cc1.CC1CCC(C(C)C)C(OC(=O)c2ccccc2N)C1. The standard InChI is InChI=1S/C17H25NO2.C17H18O3/c1-11(2)13-9-8-12(3)10-16(13)20-17(19)14-6-4-5-7-15(14)18;1-12(2)14-9-7-13(8-10-14)11-20-17(19)15-5-3-4-6-16(15)18/h4-7,11-13,16H,8-10,18H2,1-3H3;3-10,12,18H,11H2,1-2H3. The van der Waals surface area contributed by atoms with E-state index in [4.69, 9.17) is 15.2 Å². The number of nitrogens with two attached hydrogens (primary N) is 1. The minimum atomic E-state index is -0.518. The molecule has 3 atom stereocenters. The molecule has 4 rings (SSSR count). The summed E-state index contributed by atoms with van der Waals surface area (Å²) in [5.41, 5.74) is 9.18. The van der Waals surface area contributed by atoms with Crippen molar-refractivity contribution in [3.8, 4) is 5.75 Å². The minimum Gasteiger partial charge on any atom is -0.507 e. The van der Waals surface area contributed by atoms with Crippen LogP contribution >= 0.6 is 0 Å². The second kappa shape index (κ2) is 14.5. The third-order valence-electron chi connectivity index (χ3n) is 7.54. The Morgan fingerprint density at radius 2 is 1.50 bits per heavy atom. The molecule has 40 heavy (non-hydrogen) atoms. The van der Waals surface area contributed by atoms with E-state index in [-0.39, 0.29) is 30.0 Å². The molecule has 0 bridgehead atoms. The normalized spacial score (nSPS) is 18.5. The Morgan fingerprint density at radius 3 is 2.10 bits per heavy atom. The van der Waals surface area contributed by atoms with Crippen LogP contribution in [-0.4, -0.2) is 23.1 Å². The van der Waals surface area contributed by atoms with Crippen molar-refractivity contribution in [3.05, 3.63) is 95.1 Å². The van der Waals surface area contributed by atoms with Crippen LogP contribution < -0.4 is 5.73 Å². The highest BCUT2D eigenvalue weighted by molar-refractivity contribution is 5.95. The fourth-order valence-corrected chi connectivity index (χ4v) is 5.01. The fraction of sp³-hybridized carbons (Fsp3) is 0.412. The summed E-state index contributed by atoms with van der Waals surface area (Å²) in [6.45, 7) is 11.1. The van der Waals surface area contributed by atoms with Gasteiger partial charge in [0.2, 0.25) is 0 Å². The lowest BCUT2D eigenvalue weighted by Crippen LogP contribution is -2.36. The van der Waals surface area contributed by atoms with Crippen molar-refractivity contribution in [2.24, 2.45) is 17.8 Å². The fourth-order valence-electron chi connectivity index (χ4n) is 5.01. The molecule has 0 spiro atoms. The molecular formula is C34H43NO5. The van der Waals surface area contributed by atoms with Crippen molar-refractivity contribution < 1.29 is 24.2 Å². The average molecular weight is 546 g/mol. The predicted molar refractivity (Wildman–Crippen MR) is 159 cm³/mol. The molecule has 1 saturated carbocycles. The number of hydrogen-bond acceptors (Lipinski definition) is 6. The zero-order valence-electron chi connectivity index (χ0n) is 24.3. The first-order valence-electron chi connectivity index (χ1n) is 14.2. The summed E-state index contributed by atoms with van der Waals surface area (Å²) in [7, 11) is 0. The predicted octanol–water partition coefficient (Wildman–Crippen LogP) is 7.76. The van der Waals surface area contributed by atoms with E-state index in [9.17, 15) is 14.7 Å². The van der Waals surface area contributed by atoms with E-state index >= 15 is 0 Å². The van der Waals surface area contributed by atoms with E-state index in [1.807, 2.05) is 36.4 Å². The topological polar surface area (TPSA) is 98.9 Å². The van der Waals surface area contributed by atoms with Crippen LogP contribution in [0, 0.1) is 17.8 Å². The summed E-state index contributed by atoms with van der Waals surface area (Å²) in [5, 5.41) is 9.57. The number of carbonyl (C=O) groups is 2. The Balaban J connectivity index is 0.000000220. The number of rotatable bonds is 7. The molecule has 1 aliphatic carbocycles. The van der Waals surface area contributed by atoms with Gasteiger partial charge in [0.05, 0.1) is 5.56 Å². The molecule has 3 aromatic rings. The molecule has 0 amide bonds. The third-order valence-corrected chi connectivity index (χ3v) is 7.54. The van der Waals surface area contributed by atoms with Gasteiger partial charge >= 0.3 is 11.9 Å². The monoisotopic (exact) mass is 545 g/mol. The lowest BCUT2D eigenvalue weighted by molar-refractivity contribution is -0.0173. The Labute approximate surface area is 238 Å². The van der Waals surface area contributed by atoms with E-state index in [1.54, 1.807) is 30.3 Å². The first-order chi connectivity index (χ1) is 19.1. The van der Waals surface area contributed by atoms with Gasteiger partial charge in [0.25, 0.3) is 0 Å². The number of anilines is 1. The van der Waals surface area contributed by atoms with Crippen LogP contribution in [0.25, 0.3) is 0 Å². The van der Waals surface area contributed by atoms with Crippen LogP contribution in [0.3, 0.4) is 0 Å². The Hall–Kier alpha value is -3.80. The number of esters is 2.